The van der Waals surface area contributed by atoms with E-state index in [1.54, 1.807) is 123 Å². The molecule has 25 nitrogen and oxygen atoms in total. The minimum Gasteiger partial charge on any atom is -0.497 e. The molecule has 0 unspecified atom stereocenters. The molecule has 3 aromatic heterocycles. The zero-order valence-electron chi connectivity index (χ0n) is 56.8. The van der Waals surface area contributed by atoms with E-state index in [4.69, 9.17) is 56.4 Å². The lowest BCUT2D eigenvalue weighted by molar-refractivity contribution is 0.122. The number of nitrogens with zero attached hydrogens (tertiary/aromatic N) is 9. The van der Waals surface area contributed by atoms with Gasteiger partial charge in [-0.3, -0.25) is 15.0 Å². The molecular formula is C76H65Cl2F4N15O10. The van der Waals surface area contributed by atoms with Gasteiger partial charge in [0.25, 0.3) is 0 Å². The second-order valence-electron chi connectivity index (χ2n) is 23.8. The number of morpholine rings is 3. The summed E-state index contributed by atoms with van der Waals surface area (Å²) in [6.45, 7) is 8.33. The van der Waals surface area contributed by atoms with Gasteiger partial charge >= 0.3 is 18.1 Å². The Kier molecular flexibility index (Phi) is 23.5. The predicted molar refractivity (Wildman–Crippen MR) is 401 cm³/mol. The number of anilines is 9. The topological polar surface area (TPSA) is 275 Å². The molecule has 15 rings (SSSR count). The van der Waals surface area contributed by atoms with E-state index in [0.29, 0.717) is 123 Å². The molecule has 0 bridgehead atoms. The molecular weight excluding hydrogens is 1430 g/mol. The van der Waals surface area contributed by atoms with Gasteiger partial charge in [-0.2, -0.15) is 0 Å². The second-order valence-corrected chi connectivity index (χ2v) is 24.6. The van der Waals surface area contributed by atoms with Crippen LogP contribution in [0.15, 0.2) is 195 Å². The normalized spacial score (nSPS) is 13.4. The van der Waals surface area contributed by atoms with Crippen molar-refractivity contribution in [2.24, 2.45) is 0 Å². The van der Waals surface area contributed by atoms with Gasteiger partial charge in [-0.1, -0.05) is 23.2 Å². The largest absolute Gasteiger partial charge is 0.497 e. The number of urea groups is 3. The van der Waals surface area contributed by atoms with Crippen LogP contribution in [0.1, 0.15) is 0 Å². The maximum atomic E-state index is 14.8. The highest BCUT2D eigenvalue weighted by Gasteiger charge is 2.20. The third kappa shape index (κ3) is 19.7. The number of carbonyl (C=O) groups excluding carboxylic acids is 3. The summed E-state index contributed by atoms with van der Waals surface area (Å²) in [6.07, 6.45) is 5.20. The van der Waals surface area contributed by atoms with Crippen LogP contribution in [0, 0.1) is 23.3 Å². The van der Waals surface area contributed by atoms with Crippen LogP contribution in [-0.4, -0.2) is 134 Å². The Labute approximate surface area is 618 Å². The summed E-state index contributed by atoms with van der Waals surface area (Å²) in [5.41, 5.74) is 6.19. The third-order valence-corrected chi connectivity index (χ3v) is 17.1. The monoisotopic (exact) mass is 1490 g/mol. The number of hydrogen-bond donors (Lipinski definition) is 6. The van der Waals surface area contributed by atoms with E-state index in [1.807, 2.05) is 0 Å². The smallest absolute Gasteiger partial charge is 0.323 e. The summed E-state index contributed by atoms with van der Waals surface area (Å²) >= 11 is 11.8. The molecule has 0 atom stereocenters. The number of nitrogens with one attached hydrogen (secondary N) is 6. The fraction of sp³-hybridized carbons (Fsp3) is 0.171. The second kappa shape index (κ2) is 34.5. The SMILES string of the molecule is COc1ccc(NC(=O)Nc2ccc(Oc3ccc4ncc(N5CCOCC5)nc4c3)c(F)c2)cc1.O=C(Nc1ccc(F)cc1)Nc1ccc(Oc2ccc3ncc(N4CCOCC4)nc3c2)c(F)c1.O=C(Nc1ccc(Oc2ccc3ncc(N4CCOCC4)nc3c2)c(F)c1)Nc1ccc(Cl)c(Cl)c1. The first-order valence-electron chi connectivity index (χ1n) is 33.3. The average molecular weight is 1500 g/mol. The van der Waals surface area contributed by atoms with Crippen LogP contribution in [0.3, 0.4) is 0 Å². The van der Waals surface area contributed by atoms with Gasteiger partial charge in [-0.15, -0.1) is 0 Å². The molecule has 6 heterocycles. The Hall–Kier alpha value is -12.4. The summed E-state index contributed by atoms with van der Waals surface area (Å²) in [6, 6.07) is 43.1. The predicted octanol–water partition coefficient (Wildman–Crippen LogP) is 16.6. The zero-order valence-corrected chi connectivity index (χ0v) is 58.3. The number of ether oxygens (including phenoxy) is 7. The third-order valence-electron chi connectivity index (χ3n) is 16.4. The maximum absolute atomic E-state index is 14.8. The van der Waals surface area contributed by atoms with Gasteiger partial charge < -0.3 is 79.8 Å². The molecule has 0 saturated carbocycles. The Balaban J connectivity index is 0.000000142. The number of fused-ring (bicyclic) bond motifs is 3. The van der Waals surface area contributed by atoms with Crippen LogP contribution in [0.2, 0.25) is 10.0 Å². The van der Waals surface area contributed by atoms with E-state index >= 15 is 0 Å². The van der Waals surface area contributed by atoms with Crippen molar-refractivity contribution in [2.75, 3.05) is 133 Å². The van der Waals surface area contributed by atoms with E-state index in [1.165, 1.54) is 72.8 Å². The van der Waals surface area contributed by atoms with Gasteiger partial charge in [0.2, 0.25) is 0 Å². The summed E-state index contributed by atoms with van der Waals surface area (Å²) in [4.78, 5) is 70.4. The molecule has 31 heteroatoms. The fourth-order valence-corrected chi connectivity index (χ4v) is 11.3. The highest BCUT2D eigenvalue weighted by molar-refractivity contribution is 6.42. The van der Waals surface area contributed by atoms with Gasteiger partial charge in [0.1, 0.15) is 46.3 Å². The molecule has 0 aliphatic carbocycles. The van der Waals surface area contributed by atoms with Crippen molar-refractivity contribution in [1.29, 1.82) is 0 Å². The van der Waals surface area contributed by atoms with E-state index in [9.17, 15) is 31.9 Å². The van der Waals surface area contributed by atoms with Crippen molar-refractivity contribution < 1.29 is 65.1 Å². The van der Waals surface area contributed by atoms with Gasteiger partial charge in [-0.25, -0.2) is 46.9 Å². The van der Waals surface area contributed by atoms with Crippen molar-refractivity contribution in [2.45, 2.75) is 0 Å². The van der Waals surface area contributed by atoms with Crippen molar-refractivity contribution in [1.82, 2.24) is 29.9 Å². The highest BCUT2D eigenvalue weighted by atomic mass is 35.5. The van der Waals surface area contributed by atoms with E-state index in [2.05, 4.69) is 76.5 Å². The number of rotatable bonds is 16. The Morgan fingerprint density at radius 1 is 0.355 bits per heavy atom. The number of halogens is 6. The molecule has 6 N–H and O–H groups in total. The molecule has 6 amide bonds. The van der Waals surface area contributed by atoms with Gasteiger partial charge in [0.15, 0.2) is 34.7 Å². The average Bonchev–Trinajstić information content (AvgIpc) is 0.815. The molecule has 107 heavy (non-hydrogen) atoms. The molecule has 9 aromatic carbocycles. The molecule has 3 aliphatic heterocycles. The minimum atomic E-state index is -0.655. The van der Waals surface area contributed by atoms with Crippen LogP contribution in [-0.2, 0) is 14.2 Å². The number of benzene rings is 9. The van der Waals surface area contributed by atoms with Crippen LogP contribution >= 0.6 is 23.2 Å². The van der Waals surface area contributed by atoms with Crippen LogP contribution < -0.4 is 65.5 Å². The fourth-order valence-electron chi connectivity index (χ4n) is 11.0. The first-order valence-corrected chi connectivity index (χ1v) is 34.1. The number of aromatic nitrogens is 6. The maximum Gasteiger partial charge on any atom is 0.323 e. The molecule has 12 aromatic rings. The Morgan fingerprint density at radius 2 is 0.654 bits per heavy atom. The summed E-state index contributed by atoms with van der Waals surface area (Å²) < 4.78 is 95.7. The number of carbonyl (C=O) groups is 3. The number of methoxy groups -OCH3 is 1. The number of hydrogen-bond acceptors (Lipinski definition) is 19. The lowest BCUT2D eigenvalue weighted by Gasteiger charge is -2.27. The van der Waals surface area contributed by atoms with Crippen LogP contribution in [0.4, 0.5) is 83.5 Å². The molecule has 546 valence electrons. The van der Waals surface area contributed by atoms with Crippen molar-refractivity contribution in [3.63, 3.8) is 0 Å². The Bertz CT molecular complexity index is 5190. The molecule has 0 spiro atoms. The minimum absolute atomic E-state index is 0.00193. The van der Waals surface area contributed by atoms with Crippen LogP contribution in [0.5, 0.6) is 40.2 Å². The quantitative estimate of drug-likeness (QED) is 0.0491. The molecule has 3 aliphatic rings. The molecule has 0 radical (unpaired) electrons. The molecule has 3 saturated heterocycles. The molecule has 3 fully saturated rings. The van der Waals surface area contributed by atoms with Crippen molar-refractivity contribution >= 4 is 126 Å². The Morgan fingerprint density at radius 3 is 0.981 bits per heavy atom. The van der Waals surface area contributed by atoms with Gasteiger partial charge in [0.05, 0.1) is 108 Å². The van der Waals surface area contributed by atoms with Gasteiger partial charge in [0, 0.05) is 110 Å². The summed E-state index contributed by atoms with van der Waals surface area (Å²) in [7, 11) is 1.56. The van der Waals surface area contributed by atoms with E-state index < -0.39 is 41.4 Å². The van der Waals surface area contributed by atoms with E-state index in [0.717, 1.165) is 62.8 Å². The summed E-state index contributed by atoms with van der Waals surface area (Å²) in [5, 5.41) is 16.2. The summed E-state index contributed by atoms with van der Waals surface area (Å²) in [5.74, 6) is 1.86. The highest BCUT2D eigenvalue weighted by Crippen LogP contribution is 2.34. The van der Waals surface area contributed by atoms with Crippen LogP contribution in [0.25, 0.3) is 33.1 Å². The zero-order chi connectivity index (χ0) is 74.2. The lowest BCUT2D eigenvalue weighted by atomic mass is 10.2. The number of amides is 6. The van der Waals surface area contributed by atoms with E-state index in [-0.39, 0.29) is 34.3 Å². The van der Waals surface area contributed by atoms with Crippen molar-refractivity contribution in [3.05, 3.63) is 228 Å². The first-order chi connectivity index (χ1) is 52.0. The standard InChI is InChI=1S/C26H24FN5O4.C25H20Cl2FN5O3.C25H21F2N5O3/c1-34-19-5-2-17(3-6-19)29-26(33)30-18-4-9-24(21(27)14-18)36-20-7-8-22-23(15-20)31-25(16-28-22)32-10-12-35-13-11-32;26-18-4-1-15(11-19(18)27)30-25(34)31-16-2-6-23(20(28)12-16)36-17-3-5-21-22(13-17)32-24(14-29-21)33-7-9-35-10-8-33;26-16-1-3-17(4-2-16)29-25(33)30-18-5-8-23(20(27)13-18)35-19-6-7-21-22(14-19)31-24(15-28-21)32-9-11-34-12-10-32/h2-9,14-16H,10-13H2,1H3,(H2,29,30,33);1-6,11-14H,7-10H2,(H2,30,31,34);1-8,13-15H,9-12H2,(H2,29,30,33). The lowest BCUT2D eigenvalue weighted by Crippen LogP contribution is -2.36. The first kappa shape index (κ1) is 72.9. The van der Waals surface area contributed by atoms with Crippen molar-refractivity contribution in [3.8, 4) is 40.2 Å². The van der Waals surface area contributed by atoms with Gasteiger partial charge in [-0.05, 0) is 140 Å².